The van der Waals surface area contributed by atoms with Crippen molar-refractivity contribution in [2.45, 2.75) is 57.7 Å². The Bertz CT molecular complexity index is 1390. The van der Waals surface area contributed by atoms with Crippen molar-refractivity contribution in [3.8, 4) is 0 Å². The highest BCUT2D eigenvalue weighted by Gasteiger charge is 2.40. The standard InChI is InChI=1S/C28H29FN4O3/c1-16-11-21-18(3-2-4-24(21)30-16)14-32-9-7-17(8-10-32)20-12-19-15-33(28(36)22(19)13-23(20)29)25-5-6-26(34)31-27(25)35/h2-4,11-13,17,25,30H,5-10,14-15H2,1H3,(H,31,34,35). The number of carbonyl (C=O) groups excluding carboxylic acids is 3. The van der Waals surface area contributed by atoms with Gasteiger partial charge in [-0.05, 0) is 80.1 Å². The molecule has 1 atom stereocenters. The van der Waals surface area contributed by atoms with E-state index in [1.807, 2.05) is 6.07 Å². The largest absolute Gasteiger partial charge is 0.359 e. The predicted octanol–water partition coefficient (Wildman–Crippen LogP) is 3.76. The van der Waals surface area contributed by atoms with Crippen LogP contribution < -0.4 is 5.32 Å². The predicted molar refractivity (Wildman–Crippen MR) is 133 cm³/mol. The molecule has 3 aromatic rings. The van der Waals surface area contributed by atoms with Crippen molar-refractivity contribution < 1.29 is 18.8 Å². The van der Waals surface area contributed by atoms with Crippen molar-refractivity contribution in [3.63, 3.8) is 0 Å². The maximum absolute atomic E-state index is 15.2. The Kier molecular flexibility index (Phi) is 5.63. The Morgan fingerprint density at radius 3 is 2.64 bits per heavy atom. The van der Waals surface area contributed by atoms with Gasteiger partial charge in [0.25, 0.3) is 5.91 Å². The number of carbonyl (C=O) groups is 3. The first-order valence-electron chi connectivity index (χ1n) is 12.6. The fourth-order valence-electron chi connectivity index (χ4n) is 6.06. The van der Waals surface area contributed by atoms with Gasteiger partial charge < -0.3 is 9.88 Å². The average Bonchev–Trinajstić information content (AvgIpc) is 3.39. The van der Waals surface area contributed by atoms with Crippen molar-refractivity contribution in [3.05, 3.63) is 70.2 Å². The van der Waals surface area contributed by atoms with E-state index in [0.29, 0.717) is 17.5 Å². The summed E-state index contributed by atoms with van der Waals surface area (Å²) < 4.78 is 15.2. The number of hydrogen-bond acceptors (Lipinski definition) is 4. The summed E-state index contributed by atoms with van der Waals surface area (Å²) in [7, 11) is 0. The second-order valence-corrected chi connectivity index (χ2v) is 10.3. The fourth-order valence-corrected chi connectivity index (χ4v) is 6.06. The summed E-state index contributed by atoms with van der Waals surface area (Å²) in [5.41, 5.74) is 5.35. The molecule has 36 heavy (non-hydrogen) atoms. The number of fused-ring (bicyclic) bond motifs is 2. The topological polar surface area (TPSA) is 85.5 Å². The van der Waals surface area contributed by atoms with Crippen LogP contribution in [0.3, 0.4) is 0 Å². The number of aryl methyl sites for hydroxylation is 1. The number of piperidine rings is 2. The number of halogens is 1. The fraction of sp³-hybridized carbons (Fsp3) is 0.393. The second kappa shape index (κ2) is 8.85. The minimum atomic E-state index is -0.689. The van der Waals surface area contributed by atoms with Gasteiger partial charge in [0.1, 0.15) is 11.9 Å². The number of aromatic amines is 1. The highest BCUT2D eigenvalue weighted by molar-refractivity contribution is 6.05. The third kappa shape index (κ3) is 3.99. The third-order valence-electron chi connectivity index (χ3n) is 7.95. The van der Waals surface area contributed by atoms with Gasteiger partial charge >= 0.3 is 0 Å². The van der Waals surface area contributed by atoms with Crippen molar-refractivity contribution in [2.75, 3.05) is 13.1 Å². The van der Waals surface area contributed by atoms with Crippen LogP contribution in [0.5, 0.6) is 0 Å². The van der Waals surface area contributed by atoms with E-state index in [4.69, 9.17) is 0 Å². The first kappa shape index (κ1) is 22.9. The van der Waals surface area contributed by atoms with Gasteiger partial charge in [0, 0.05) is 41.7 Å². The quantitative estimate of drug-likeness (QED) is 0.548. The average molecular weight is 489 g/mol. The molecule has 4 heterocycles. The van der Waals surface area contributed by atoms with Gasteiger partial charge in [0.2, 0.25) is 11.8 Å². The molecule has 0 saturated carbocycles. The summed E-state index contributed by atoms with van der Waals surface area (Å²) in [5, 5.41) is 3.56. The molecule has 6 rings (SSSR count). The van der Waals surface area contributed by atoms with E-state index in [1.165, 1.54) is 21.9 Å². The lowest BCUT2D eigenvalue weighted by Gasteiger charge is -2.32. The van der Waals surface area contributed by atoms with Gasteiger partial charge in [-0.1, -0.05) is 18.2 Å². The number of benzene rings is 2. The van der Waals surface area contributed by atoms with Crippen LogP contribution >= 0.6 is 0 Å². The van der Waals surface area contributed by atoms with E-state index in [0.717, 1.165) is 49.2 Å². The van der Waals surface area contributed by atoms with Crippen LogP contribution in [0.25, 0.3) is 10.9 Å². The molecule has 7 nitrogen and oxygen atoms in total. The smallest absolute Gasteiger partial charge is 0.255 e. The first-order chi connectivity index (χ1) is 17.4. The lowest BCUT2D eigenvalue weighted by Crippen LogP contribution is -2.52. The molecule has 2 saturated heterocycles. The van der Waals surface area contributed by atoms with Crippen LogP contribution in [0, 0.1) is 12.7 Å². The van der Waals surface area contributed by atoms with E-state index >= 15 is 4.39 Å². The van der Waals surface area contributed by atoms with Crippen LogP contribution in [0.15, 0.2) is 36.4 Å². The summed E-state index contributed by atoms with van der Waals surface area (Å²) in [6.07, 6.45) is 2.20. The van der Waals surface area contributed by atoms with Gasteiger partial charge in [-0.2, -0.15) is 0 Å². The molecule has 2 N–H and O–H groups in total. The molecule has 2 aromatic carbocycles. The Balaban J connectivity index is 1.15. The van der Waals surface area contributed by atoms with Crippen LogP contribution in [-0.2, 0) is 22.7 Å². The molecular weight excluding hydrogens is 459 g/mol. The molecule has 3 amide bonds. The molecular formula is C28H29FN4O3. The number of likely N-dealkylation sites (tertiary alicyclic amines) is 1. The number of H-pyrrole nitrogens is 1. The maximum atomic E-state index is 15.2. The van der Waals surface area contributed by atoms with Crippen molar-refractivity contribution in [1.82, 2.24) is 20.1 Å². The van der Waals surface area contributed by atoms with Crippen molar-refractivity contribution >= 4 is 28.6 Å². The SMILES string of the molecule is Cc1cc2c(CN3CCC(c4cc5c(cc4F)C(=O)N(C4CCC(=O)NC4=O)C5)CC3)cccc2[nH]1. The van der Waals surface area contributed by atoms with Gasteiger partial charge in [-0.15, -0.1) is 0 Å². The number of imide groups is 1. The van der Waals surface area contributed by atoms with Crippen molar-refractivity contribution in [2.24, 2.45) is 0 Å². The lowest BCUT2D eigenvalue weighted by atomic mass is 9.87. The second-order valence-electron chi connectivity index (χ2n) is 10.3. The third-order valence-corrected chi connectivity index (χ3v) is 7.95. The van der Waals surface area contributed by atoms with E-state index in [1.54, 1.807) is 0 Å². The molecule has 2 fully saturated rings. The summed E-state index contributed by atoms with van der Waals surface area (Å²) >= 11 is 0. The summed E-state index contributed by atoms with van der Waals surface area (Å²) in [6, 6.07) is 11.0. The van der Waals surface area contributed by atoms with E-state index in [-0.39, 0.29) is 36.5 Å². The molecule has 0 radical (unpaired) electrons. The molecule has 1 aromatic heterocycles. The van der Waals surface area contributed by atoms with E-state index < -0.39 is 11.9 Å². The summed E-state index contributed by atoms with van der Waals surface area (Å²) in [6.45, 7) is 4.96. The summed E-state index contributed by atoms with van der Waals surface area (Å²) in [4.78, 5) is 44.0. The van der Waals surface area contributed by atoms with Crippen molar-refractivity contribution in [1.29, 1.82) is 0 Å². The highest BCUT2D eigenvalue weighted by atomic mass is 19.1. The molecule has 186 valence electrons. The lowest BCUT2D eigenvalue weighted by molar-refractivity contribution is -0.136. The molecule has 8 heteroatoms. The van der Waals surface area contributed by atoms with Gasteiger partial charge in [-0.3, -0.25) is 24.6 Å². The Morgan fingerprint density at radius 2 is 1.86 bits per heavy atom. The minimum absolute atomic E-state index is 0.0941. The van der Waals surface area contributed by atoms with Crippen LogP contribution in [0.1, 0.15) is 64.3 Å². The summed E-state index contributed by atoms with van der Waals surface area (Å²) in [5.74, 6) is -1.37. The number of nitrogens with one attached hydrogen (secondary N) is 2. The monoisotopic (exact) mass is 488 g/mol. The van der Waals surface area contributed by atoms with Crippen LogP contribution in [0.4, 0.5) is 4.39 Å². The van der Waals surface area contributed by atoms with E-state index in [9.17, 15) is 14.4 Å². The van der Waals surface area contributed by atoms with E-state index in [2.05, 4.69) is 46.4 Å². The molecule has 3 aliphatic rings. The molecule has 3 aliphatic heterocycles. The van der Waals surface area contributed by atoms with Gasteiger partial charge in [-0.25, -0.2) is 4.39 Å². The molecule has 0 spiro atoms. The number of aromatic nitrogens is 1. The number of hydrogen-bond donors (Lipinski definition) is 2. The number of nitrogens with zero attached hydrogens (tertiary/aromatic N) is 2. The molecule has 0 bridgehead atoms. The number of amides is 3. The first-order valence-corrected chi connectivity index (χ1v) is 12.6. The maximum Gasteiger partial charge on any atom is 0.255 e. The Labute approximate surface area is 208 Å². The Hall–Kier alpha value is -3.52. The van der Waals surface area contributed by atoms with Crippen LogP contribution in [0.2, 0.25) is 0 Å². The number of rotatable bonds is 4. The zero-order chi connectivity index (χ0) is 25.0. The highest BCUT2D eigenvalue weighted by Crippen LogP contribution is 2.36. The molecule has 0 aliphatic carbocycles. The van der Waals surface area contributed by atoms with Crippen LogP contribution in [-0.4, -0.2) is 51.6 Å². The normalized spacial score (nSPS) is 21.3. The zero-order valence-corrected chi connectivity index (χ0v) is 20.3. The molecule has 1 unspecified atom stereocenters. The van der Waals surface area contributed by atoms with Gasteiger partial charge in [0.15, 0.2) is 0 Å². The zero-order valence-electron chi connectivity index (χ0n) is 20.3. The van der Waals surface area contributed by atoms with Gasteiger partial charge in [0.05, 0.1) is 0 Å². The minimum Gasteiger partial charge on any atom is -0.359 e. The Morgan fingerprint density at radius 1 is 1.06 bits per heavy atom.